The van der Waals surface area contributed by atoms with Crippen molar-refractivity contribution >= 4 is 35.7 Å². The SMILES string of the molecule is C=C[C@H]1CNCC[C@H]1CC[C@H](O)c1ccnc2ccc(OC)cc12.Cl.Cl. The van der Waals surface area contributed by atoms with Crippen molar-refractivity contribution in [2.75, 3.05) is 20.2 Å². The molecule has 3 rings (SSSR count). The number of benzene rings is 1. The molecule has 0 radical (unpaired) electrons. The molecule has 1 aliphatic rings. The topological polar surface area (TPSA) is 54.4 Å². The van der Waals surface area contributed by atoms with Crippen LogP contribution in [0.1, 0.15) is 30.9 Å². The third-order valence-corrected chi connectivity index (χ3v) is 5.13. The summed E-state index contributed by atoms with van der Waals surface area (Å²) in [7, 11) is 1.65. The van der Waals surface area contributed by atoms with Crippen molar-refractivity contribution in [3.63, 3.8) is 0 Å². The van der Waals surface area contributed by atoms with E-state index in [9.17, 15) is 5.11 Å². The maximum Gasteiger partial charge on any atom is 0.119 e. The van der Waals surface area contributed by atoms with E-state index in [-0.39, 0.29) is 24.8 Å². The molecule has 26 heavy (non-hydrogen) atoms. The predicted octanol–water partition coefficient (Wildman–Crippen LogP) is 4.31. The molecular weight excluding hydrogens is 371 g/mol. The van der Waals surface area contributed by atoms with Crippen LogP contribution in [0.4, 0.5) is 0 Å². The molecule has 4 nitrogen and oxygen atoms in total. The van der Waals surface area contributed by atoms with Crippen LogP contribution in [0, 0.1) is 11.8 Å². The quantitative estimate of drug-likeness (QED) is 0.711. The molecule has 1 saturated heterocycles. The van der Waals surface area contributed by atoms with Gasteiger partial charge in [0, 0.05) is 18.1 Å². The van der Waals surface area contributed by atoms with Crippen LogP contribution in [-0.2, 0) is 0 Å². The van der Waals surface area contributed by atoms with Crippen molar-refractivity contribution < 1.29 is 9.84 Å². The molecule has 0 bridgehead atoms. The smallest absolute Gasteiger partial charge is 0.119 e. The molecule has 0 unspecified atom stereocenters. The molecule has 0 saturated carbocycles. The maximum absolute atomic E-state index is 10.8. The molecule has 1 aromatic carbocycles. The van der Waals surface area contributed by atoms with Gasteiger partial charge in [-0.2, -0.15) is 0 Å². The fourth-order valence-electron chi connectivity index (χ4n) is 3.66. The highest BCUT2D eigenvalue weighted by molar-refractivity contribution is 5.85. The third-order valence-electron chi connectivity index (χ3n) is 5.13. The van der Waals surface area contributed by atoms with Crippen LogP contribution >= 0.6 is 24.8 Å². The number of pyridine rings is 1. The fraction of sp³-hybridized carbons (Fsp3) is 0.450. The number of fused-ring (bicyclic) bond motifs is 1. The summed E-state index contributed by atoms with van der Waals surface area (Å²) in [5.41, 5.74) is 1.82. The standard InChI is InChI=1S/C20H26N2O2.2ClH/c1-3-14-13-21-10-8-15(14)4-7-20(23)17-9-11-22-19-6-5-16(24-2)12-18(17)19;;/h3,5-6,9,11-12,14-15,20-21,23H,1,4,7-8,10,13H2,2H3;2*1H/t14-,15+,20-;;/m0../s1. The van der Waals surface area contributed by atoms with Gasteiger partial charge in [-0.15, -0.1) is 31.4 Å². The molecule has 2 aromatic rings. The summed E-state index contributed by atoms with van der Waals surface area (Å²) >= 11 is 0. The fourth-order valence-corrected chi connectivity index (χ4v) is 3.66. The lowest BCUT2D eigenvalue weighted by atomic mass is 9.82. The second kappa shape index (κ2) is 10.7. The second-order valence-electron chi connectivity index (χ2n) is 6.53. The van der Waals surface area contributed by atoms with Gasteiger partial charge in [-0.1, -0.05) is 6.08 Å². The van der Waals surface area contributed by atoms with Crippen LogP contribution in [0.15, 0.2) is 43.1 Å². The molecule has 144 valence electrons. The lowest BCUT2D eigenvalue weighted by molar-refractivity contribution is 0.147. The Bertz CT molecular complexity index is 711. The normalized spacial score (nSPS) is 20.5. The number of piperidine rings is 1. The number of hydrogen-bond donors (Lipinski definition) is 2. The van der Waals surface area contributed by atoms with E-state index in [4.69, 9.17) is 4.74 Å². The van der Waals surface area contributed by atoms with E-state index in [1.807, 2.05) is 24.3 Å². The molecule has 0 aliphatic carbocycles. The first-order chi connectivity index (χ1) is 11.7. The number of halogens is 2. The van der Waals surface area contributed by atoms with Crippen molar-refractivity contribution in [2.45, 2.75) is 25.4 Å². The Hall–Kier alpha value is -1.33. The van der Waals surface area contributed by atoms with Gasteiger partial charge in [-0.05, 0) is 67.5 Å². The van der Waals surface area contributed by atoms with Gasteiger partial charge in [-0.3, -0.25) is 4.98 Å². The Morgan fingerprint density at radius 1 is 1.38 bits per heavy atom. The largest absolute Gasteiger partial charge is 0.497 e. The minimum Gasteiger partial charge on any atom is -0.497 e. The zero-order chi connectivity index (χ0) is 16.9. The summed E-state index contributed by atoms with van der Waals surface area (Å²) in [6.07, 6.45) is 6.25. The lowest BCUT2D eigenvalue weighted by Gasteiger charge is -2.30. The number of aliphatic hydroxyl groups excluding tert-OH is 1. The molecular formula is C20H28Cl2N2O2. The Morgan fingerprint density at radius 2 is 2.19 bits per heavy atom. The average Bonchev–Trinajstić information content (AvgIpc) is 2.65. The van der Waals surface area contributed by atoms with Crippen LogP contribution in [0.5, 0.6) is 5.75 Å². The molecule has 1 fully saturated rings. The van der Waals surface area contributed by atoms with Gasteiger partial charge < -0.3 is 15.2 Å². The van der Waals surface area contributed by atoms with Crippen molar-refractivity contribution in [2.24, 2.45) is 11.8 Å². The van der Waals surface area contributed by atoms with Gasteiger partial charge in [0.1, 0.15) is 5.75 Å². The Morgan fingerprint density at radius 3 is 2.92 bits per heavy atom. The second-order valence-corrected chi connectivity index (χ2v) is 6.53. The summed E-state index contributed by atoms with van der Waals surface area (Å²) in [4.78, 5) is 4.39. The molecule has 6 heteroatoms. The number of rotatable bonds is 6. The molecule has 2 heterocycles. The minimum atomic E-state index is -0.483. The highest BCUT2D eigenvalue weighted by Gasteiger charge is 2.23. The Labute approximate surface area is 167 Å². The van der Waals surface area contributed by atoms with Crippen LogP contribution in [0.25, 0.3) is 10.9 Å². The van der Waals surface area contributed by atoms with Gasteiger partial charge in [0.15, 0.2) is 0 Å². The first kappa shape index (κ1) is 22.7. The van der Waals surface area contributed by atoms with Gasteiger partial charge in [0.25, 0.3) is 0 Å². The van der Waals surface area contributed by atoms with Crippen LogP contribution in [0.2, 0.25) is 0 Å². The molecule has 0 amide bonds. The summed E-state index contributed by atoms with van der Waals surface area (Å²) < 4.78 is 5.31. The highest BCUT2D eigenvalue weighted by atomic mass is 35.5. The third kappa shape index (κ3) is 5.10. The van der Waals surface area contributed by atoms with Gasteiger partial charge in [-0.25, -0.2) is 0 Å². The van der Waals surface area contributed by atoms with E-state index in [0.717, 1.165) is 54.6 Å². The van der Waals surface area contributed by atoms with E-state index < -0.39 is 6.10 Å². The Kier molecular flexibility index (Phi) is 9.37. The molecule has 3 atom stereocenters. The summed E-state index contributed by atoms with van der Waals surface area (Å²) in [5, 5.41) is 15.1. The van der Waals surface area contributed by atoms with Crippen LogP contribution < -0.4 is 10.1 Å². The first-order valence-electron chi connectivity index (χ1n) is 8.67. The number of aliphatic hydroxyl groups is 1. The van der Waals surface area contributed by atoms with E-state index in [2.05, 4.69) is 23.0 Å². The lowest BCUT2D eigenvalue weighted by Crippen LogP contribution is -2.35. The number of nitrogens with one attached hydrogen (secondary N) is 1. The predicted molar refractivity (Wildman–Crippen MR) is 112 cm³/mol. The zero-order valence-electron chi connectivity index (χ0n) is 15.1. The van der Waals surface area contributed by atoms with Gasteiger partial charge in [0.2, 0.25) is 0 Å². The molecule has 2 N–H and O–H groups in total. The van der Waals surface area contributed by atoms with Crippen molar-refractivity contribution in [1.29, 1.82) is 0 Å². The number of methoxy groups -OCH3 is 1. The average molecular weight is 399 g/mol. The van der Waals surface area contributed by atoms with Crippen molar-refractivity contribution in [3.8, 4) is 5.75 Å². The van der Waals surface area contributed by atoms with Crippen LogP contribution in [0.3, 0.4) is 0 Å². The van der Waals surface area contributed by atoms with E-state index in [0.29, 0.717) is 11.8 Å². The van der Waals surface area contributed by atoms with E-state index in [1.54, 1.807) is 13.3 Å². The molecule has 1 aromatic heterocycles. The maximum atomic E-state index is 10.8. The first-order valence-corrected chi connectivity index (χ1v) is 8.67. The number of nitrogens with zero attached hydrogens (tertiary/aromatic N) is 1. The molecule has 1 aliphatic heterocycles. The highest BCUT2D eigenvalue weighted by Crippen LogP contribution is 2.32. The number of hydrogen-bond acceptors (Lipinski definition) is 4. The summed E-state index contributed by atoms with van der Waals surface area (Å²) in [5.74, 6) is 1.88. The molecule has 0 spiro atoms. The van der Waals surface area contributed by atoms with E-state index >= 15 is 0 Å². The van der Waals surface area contributed by atoms with Crippen LogP contribution in [-0.4, -0.2) is 30.3 Å². The monoisotopic (exact) mass is 398 g/mol. The number of aromatic nitrogens is 1. The Balaban J connectivity index is 0.00000169. The van der Waals surface area contributed by atoms with Gasteiger partial charge >= 0.3 is 0 Å². The van der Waals surface area contributed by atoms with Crippen molar-refractivity contribution in [1.82, 2.24) is 10.3 Å². The van der Waals surface area contributed by atoms with E-state index in [1.165, 1.54) is 0 Å². The summed E-state index contributed by atoms with van der Waals surface area (Å²) in [6, 6.07) is 7.71. The number of ether oxygens (including phenoxy) is 1. The zero-order valence-corrected chi connectivity index (χ0v) is 16.7. The van der Waals surface area contributed by atoms with Gasteiger partial charge in [0.05, 0.1) is 18.7 Å². The minimum absolute atomic E-state index is 0. The summed E-state index contributed by atoms with van der Waals surface area (Å²) in [6.45, 7) is 6.01. The van der Waals surface area contributed by atoms with Crippen molar-refractivity contribution in [3.05, 3.63) is 48.7 Å².